The first-order valence-electron chi connectivity index (χ1n) is 6.10. The van der Waals surface area contributed by atoms with Gasteiger partial charge in [0.1, 0.15) is 11.6 Å². The Morgan fingerprint density at radius 3 is 2.32 bits per heavy atom. The molecule has 0 heterocycles. The van der Waals surface area contributed by atoms with E-state index in [0.29, 0.717) is 12.4 Å². The van der Waals surface area contributed by atoms with Crippen molar-refractivity contribution >= 4 is 5.84 Å². The van der Waals surface area contributed by atoms with Crippen LogP contribution in [0.15, 0.2) is 59.7 Å². The molecule has 2 rings (SSSR count). The van der Waals surface area contributed by atoms with Gasteiger partial charge in [-0.3, -0.25) is 0 Å². The highest BCUT2D eigenvalue weighted by Gasteiger charge is 1.99. The van der Waals surface area contributed by atoms with Crippen LogP contribution in [0.4, 0.5) is 0 Å². The van der Waals surface area contributed by atoms with Crippen molar-refractivity contribution in [1.29, 1.82) is 0 Å². The standard InChI is InChI=1S/C15H17N3O/c16-15(18-17)13-6-8-14(9-7-13)19-11-10-12-4-2-1-3-5-12/h1-9H,10-11,17H2,(H2,16,18). The lowest BCUT2D eigenvalue weighted by atomic mass is 10.2. The average molecular weight is 255 g/mol. The summed E-state index contributed by atoms with van der Waals surface area (Å²) in [7, 11) is 0. The number of amidine groups is 1. The summed E-state index contributed by atoms with van der Waals surface area (Å²) in [6.45, 7) is 0.643. The van der Waals surface area contributed by atoms with Crippen LogP contribution in [0.25, 0.3) is 0 Å². The van der Waals surface area contributed by atoms with Crippen LogP contribution in [-0.2, 0) is 6.42 Å². The third kappa shape index (κ3) is 3.74. The SMILES string of the molecule is N/N=C(\N)c1ccc(OCCc2ccccc2)cc1. The van der Waals surface area contributed by atoms with Crippen LogP contribution in [0, 0.1) is 0 Å². The van der Waals surface area contributed by atoms with Crippen molar-refractivity contribution in [2.75, 3.05) is 6.61 Å². The number of nitrogens with zero attached hydrogens (tertiary/aromatic N) is 1. The molecule has 0 aliphatic carbocycles. The maximum atomic E-state index is 5.67. The molecule has 4 heteroatoms. The minimum atomic E-state index is 0.316. The fourth-order valence-corrected chi connectivity index (χ4v) is 1.73. The quantitative estimate of drug-likeness (QED) is 0.371. The number of hydrazone groups is 1. The van der Waals surface area contributed by atoms with Gasteiger partial charge in [0.2, 0.25) is 0 Å². The minimum absolute atomic E-state index is 0.316. The molecular formula is C15H17N3O. The van der Waals surface area contributed by atoms with Gasteiger partial charge in [-0.1, -0.05) is 30.3 Å². The molecule has 0 aliphatic rings. The lowest BCUT2D eigenvalue weighted by Gasteiger charge is -2.07. The van der Waals surface area contributed by atoms with Crippen LogP contribution in [0.1, 0.15) is 11.1 Å². The maximum absolute atomic E-state index is 5.67. The predicted octanol–water partition coefficient (Wildman–Crippen LogP) is 1.89. The number of hydrogen-bond donors (Lipinski definition) is 2. The zero-order valence-corrected chi connectivity index (χ0v) is 10.6. The van der Waals surface area contributed by atoms with E-state index in [-0.39, 0.29) is 0 Å². The molecule has 19 heavy (non-hydrogen) atoms. The Morgan fingerprint density at radius 2 is 1.68 bits per heavy atom. The molecule has 0 radical (unpaired) electrons. The Balaban J connectivity index is 1.87. The number of ether oxygens (including phenoxy) is 1. The first kappa shape index (κ1) is 13.0. The highest BCUT2D eigenvalue weighted by atomic mass is 16.5. The fourth-order valence-electron chi connectivity index (χ4n) is 1.73. The molecule has 2 aromatic rings. The van der Waals surface area contributed by atoms with Crippen LogP contribution in [0.3, 0.4) is 0 Å². The van der Waals surface area contributed by atoms with Crippen molar-refractivity contribution in [3.63, 3.8) is 0 Å². The Labute approximate surface area is 112 Å². The zero-order chi connectivity index (χ0) is 13.5. The van der Waals surface area contributed by atoms with E-state index >= 15 is 0 Å². The lowest BCUT2D eigenvalue weighted by molar-refractivity contribution is 0.322. The van der Waals surface area contributed by atoms with Crippen molar-refractivity contribution in [2.45, 2.75) is 6.42 Å². The highest BCUT2D eigenvalue weighted by Crippen LogP contribution is 2.12. The van der Waals surface area contributed by atoms with Crippen LogP contribution < -0.4 is 16.3 Å². The van der Waals surface area contributed by atoms with Gasteiger partial charge >= 0.3 is 0 Å². The molecule has 0 aliphatic heterocycles. The number of rotatable bonds is 5. The number of benzene rings is 2. The Kier molecular flexibility index (Phi) is 4.39. The lowest BCUT2D eigenvalue weighted by Crippen LogP contribution is -2.15. The summed E-state index contributed by atoms with van der Waals surface area (Å²) in [5.41, 5.74) is 7.66. The zero-order valence-electron chi connectivity index (χ0n) is 10.6. The van der Waals surface area contributed by atoms with Gasteiger partial charge in [0.05, 0.1) is 6.61 Å². The van der Waals surface area contributed by atoms with Gasteiger partial charge in [0.25, 0.3) is 0 Å². The molecule has 4 N–H and O–H groups in total. The maximum Gasteiger partial charge on any atom is 0.150 e. The minimum Gasteiger partial charge on any atom is -0.493 e. The van der Waals surface area contributed by atoms with Gasteiger partial charge in [0, 0.05) is 12.0 Å². The van der Waals surface area contributed by atoms with Crippen molar-refractivity contribution in [3.8, 4) is 5.75 Å². The molecule has 0 saturated carbocycles. The molecule has 2 aromatic carbocycles. The Hall–Kier alpha value is -2.49. The van der Waals surface area contributed by atoms with Crippen molar-refractivity contribution in [1.82, 2.24) is 0 Å². The topological polar surface area (TPSA) is 73.6 Å². The second-order valence-electron chi connectivity index (χ2n) is 4.12. The molecule has 4 nitrogen and oxygen atoms in total. The molecule has 0 unspecified atom stereocenters. The predicted molar refractivity (Wildman–Crippen MR) is 77.0 cm³/mol. The van der Waals surface area contributed by atoms with E-state index in [9.17, 15) is 0 Å². The average Bonchev–Trinajstić information content (AvgIpc) is 2.48. The van der Waals surface area contributed by atoms with E-state index in [1.54, 1.807) is 0 Å². The smallest absolute Gasteiger partial charge is 0.150 e. The second kappa shape index (κ2) is 6.44. The van der Waals surface area contributed by atoms with Crippen LogP contribution in [-0.4, -0.2) is 12.4 Å². The Morgan fingerprint density at radius 1 is 1.00 bits per heavy atom. The van der Waals surface area contributed by atoms with Crippen LogP contribution in [0.2, 0.25) is 0 Å². The van der Waals surface area contributed by atoms with Gasteiger partial charge in [-0.05, 0) is 29.8 Å². The van der Waals surface area contributed by atoms with Crippen molar-refractivity contribution < 1.29 is 4.74 Å². The van der Waals surface area contributed by atoms with Gasteiger partial charge in [-0.15, -0.1) is 0 Å². The summed E-state index contributed by atoms with van der Waals surface area (Å²) < 4.78 is 5.67. The largest absolute Gasteiger partial charge is 0.493 e. The van der Waals surface area contributed by atoms with E-state index in [1.807, 2.05) is 42.5 Å². The van der Waals surface area contributed by atoms with E-state index < -0.39 is 0 Å². The van der Waals surface area contributed by atoms with Crippen molar-refractivity contribution in [2.24, 2.45) is 16.7 Å². The first-order valence-corrected chi connectivity index (χ1v) is 6.10. The number of hydrogen-bond acceptors (Lipinski definition) is 3. The van der Waals surface area contributed by atoms with Crippen molar-refractivity contribution in [3.05, 3.63) is 65.7 Å². The van der Waals surface area contributed by atoms with E-state index in [1.165, 1.54) is 5.56 Å². The summed E-state index contributed by atoms with van der Waals surface area (Å²) in [4.78, 5) is 0. The molecular weight excluding hydrogens is 238 g/mol. The highest BCUT2D eigenvalue weighted by molar-refractivity contribution is 5.97. The molecule has 0 atom stereocenters. The Bertz CT molecular complexity index is 535. The number of nitrogens with two attached hydrogens (primary N) is 2. The molecule has 0 bridgehead atoms. The summed E-state index contributed by atoms with van der Waals surface area (Å²) in [5, 5.41) is 3.44. The normalized spacial score (nSPS) is 11.3. The summed E-state index contributed by atoms with van der Waals surface area (Å²) in [5.74, 6) is 6.24. The molecule has 0 fully saturated rings. The van der Waals surface area contributed by atoms with Gasteiger partial charge < -0.3 is 16.3 Å². The summed E-state index contributed by atoms with van der Waals surface area (Å²) in [6.07, 6.45) is 0.884. The van der Waals surface area contributed by atoms with Gasteiger partial charge in [-0.25, -0.2) is 0 Å². The van der Waals surface area contributed by atoms with E-state index in [4.69, 9.17) is 16.3 Å². The van der Waals surface area contributed by atoms with Crippen LogP contribution in [0.5, 0.6) is 5.75 Å². The van der Waals surface area contributed by atoms with Gasteiger partial charge in [0.15, 0.2) is 0 Å². The molecule has 98 valence electrons. The third-order valence-electron chi connectivity index (χ3n) is 2.79. The molecule has 0 saturated heterocycles. The van der Waals surface area contributed by atoms with E-state index in [2.05, 4.69) is 17.2 Å². The summed E-state index contributed by atoms with van der Waals surface area (Å²) >= 11 is 0. The molecule has 0 spiro atoms. The van der Waals surface area contributed by atoms with E-state index in [0.717, 1.165) is 17.7 Å². The third-order valence-corrected chi connectivity index (χ3v) is 2.79. The first-order chi connectivity index (χ1) is 9.29. The van der Waals surface area contributed by atoms with Crippen LogP contribution >= 0.6 is 0 Å². The fraction of sp³-hybridized carbons (Fsp3) is 0.133. The van der Waals surface area contributed by atoms with Gasteiger partial charge in [-0.2, -0.15) is 5.10 Å². The summed E-state index contributed by atoms with van der Waals surface area (Å²) in [6, 6.07) is 17.6. The second-order valence-corrected chi connectivity index (χ2v) is 4.12. The monoisotopic (exact) mass is 255 g/mol. The molecule has 0 amide bonds. The molecule has 0 aromatic heterocycles.